The van der Waals surface area contributed by atoms with Gasteiger partial charge in [0.15, 0.2) is 0 Å². The molecule has 0 saturated carbocycles. The van der Waals surface area contributed by atoms with Gasteiger partial charge in [-0.3, -0.25) is 9.59 Å². The number of ether oxygens (including phenoxy) is 2. The van der Waals surface area contributed by atoms with Gasteiger partial charge in [-0.15, -0.1) is 0 Å². The van der Waals surface area contributed by atoms with E-state index in [2.05, 4.69) is 20.1 Å². The van der Waals surface area contributed by atoms with Gasteiger partial charge in [-0.25, -0.2) is 9.59 Å². The third-order valence-electron chi connectivity index (χ3n) is 2.35. The number of hydrogen-bond donors (Lipinski definition) is 2. The molecule has 0 aromatic carbocycles. The first-order valence-electron chi connectivity index (χ1n) is 6.57. The second-order valence-electron chi connectivity index (χ2n) is 4.00. The highest BCUT2D eigenvalue weighted by Gasteiger charge is 1.99. The highest BCUT2D eigenvalue weighted by molar-refractivity contribution is 5.95. The monoisotopic (exact) mass is 312 g/mol. The number of esters is 2. The molecule has 0 bridgehead atoms. The van der Waals surface area contributed by atoms with Crippen molar-refractivity contribution in [3.8, 4) is 0 Å². The number of carbonyl (C=O) groups is 4. The van der Waals surface area contributed by atoms with Crippen molar-refractivity contribution in [3.63, 3.8) is 0 Å². The van der Waals surface area contributed by atoms with Crippen LogP contribution in [0.1, 0.15) is 12.8 Å². The number of rotatable bonds is 9. The predicted octanol–water partition coefficient (Wildman–Crippen LogP) is -0.543. The fourth-order valence-corrected chi connectivity index (χ4v) is 1.21. The van der Waals surface area contributed by atoms with Gasteiger partial charge in [-0.1, -0.05) is 0 Å². The summed E-state index contributed by atoms with van der Waals surface area (Å²) in [5.74, 6) is -1.98. The quantitative estimate of drug-likeness (QED) is 0.336. The van der Waals surface area contributed by atoms with Crippen molar-refractivity contribution in [1.29, 1.82) is 0 Å². The van der Waals surface area contributed by atoms with Crippen LogP contribution in [0, 0.1) is 0 Å². The number of nitrogens with one attached hydrogen (secondary N) is 2. The third kappa shape index (κ3) is 11.2. The predicted molar refractivity (Wildman–Crippen MR) is 77.6 cm³/mol. The van der Waals surface area contributed by atoms with E-state index in [4.69, 9.17) is 0 Å². The largest absolute Gasteiger partial charge is 0.466 e. The van der Waals surface area contributed by atoms with E-state index in [1.165, 1.54) is 14.2 Å². The van der Waals surface area contributed by atoms with E-state index in [0.717, 1.165) is 24.3 Å². The lowest BCUT2D eigenvalue weighted by Crippen LogP contribution is -2.25. The Morgan fingerprint density at radius 3 is 1.41 bits per heavy atom. The number of amides is 2. The van der Waals surface area contributed by atoms with Crippen LogP contribution in [0.5, 0.6) is 0 Å². The van der Waals surface area contributed by atoms with E-state index >= 15 is 0 Å². The van der Waals surface area contributed by atoms with Gasteiger partial charge in [0.1, 0.15) is 0 Å². The van der Waals surface area contributed by atoms with Gasteiger partial charge in [-0.05, 0) is 12.8 Å². The van der Waals surface area contributed by atoms with E-state index in [-0.39, 0.29) is 0 Å². The number of carbonyl (C=O) groups excluding carboxylic acids is 4. The summed E-state index contributed by atoms with van der Waals surface area (Å²) in [5.41, 5.74) is 0. The molecule has 0 radical (unpaired) electrons. The second-order valence-corrected chi connectivity index (χ2v) is 4.00. The fourth-order valence-electron chi connectivity index (χ4n) is 1.21. The van der Waals surface area contributed by atoms with E-state index < -0.39 is 23.8 Å². The standard InChI is InChI=1S/C14H20N2O6/c1-21-13(19)7-5-11(17)15-9-3-4-10-16-12(18)6-8-14(20)22-2/h5-8H,3-4,9-10H2,1-2H3,(H,15,17)(H,16,18)/b7-5+,8-6+. The molecule has 0 spiro atoms. The van der Waals surface area contributed by atoms with Crippen LogP contribution < -0.4 is 10.6 Å². The smallest absolute Gasteiger partial charge is 0.330 e. The van der Waals surface area contributed by atoms with Crippen LogP contribution in [0.2, 0.25) is 0 Å². The lowest BCUT2D eigenvalue weighted by molar-refractivity contribution is -0.135. The fraction of sp³-hybridized carbons (Fsp3) is 0.429. The molecule has 0 saturated heterocycles. The second kappa shape index (κ2) is 12.1. The molecule has 22 heavy (non-hydrogen) atoms. The molecular formula is C14H20N2O6. The van der Waals surface area contributed by atoms with Gasteiger partial charge in [0.05, 0.1) is 14.2 Å². The Labute approximate surface area is 128 Å². The molecule has 122 valence electrons. The summed E-state index contributed by atoms with van der Waals surface area (Å²) in [4.78, 5) is 44.0. The Morgan fingerprint density at radius 1 is 0.727 bits per heavy atom. The molecule has 0 aliphatic heterocycles. The molecule has 8 nitrogen and oxygen atoms in total. The van der Waals surface area contributed by atoms with Crippen LogP contribution in [-0.4, -0.2) is 51.1 Å². The van der Waals surface area contributed by atoms with Crippen molar-refractivity contribution in [2.45, 2.75) is 12.8 Å². The Balaban J connectivity index is 3.65. The van der Waals surface area contributed by atoms with Gasteiger partial charge >= 0.3 is 11.9 Å². The lowest BCUT2D eigenvalue weighted by Gasteiger charge is -2.03. The number of hydrogen-bond acceptors (Lipinski definition) is 6. The van der Waals surface area contributed by atoms with E-state index in [1.54, 1.807) is 0 Å². The summed E-state index contributed by atoms with van der Waals surface area (Å²) in [6.07, 6.45) is 5.54. The molecule has 0 fully saturated rings. The minimum absolute atomic E-state index is 0.393. The van der Waals surface area contributed by atoms with Crippen LogP contribution in [0.3, 0.4) is 0 Å². The zero-order valence-electron chi connectivity index (χ0n) is 12.6. The van der Waals surface area contributed by atoms with Crippen molar-refractivity contribution in [2.75, 3.05) is 27.3 Å². The Bertz CT molecular complexity index is 414. The summed E-state index contributed by atoms with van der Waals surface area (Å²) in [6.45, 7) is 0.830. The highest BCUT2D eigenvalue weighted by Crippen LogP contribution is 1.87. The SMILES string of the molecule is COC(=O)/C=C/C(=O)NCCCCNC(=O)/C=C/C(=O)OC. The van der Waals surface area contributed by atoms with Crippen LogP contribution >= 0.6 is 0 Å². The topological polar surface area (TPSA) is 111 Å². The van der Waals surface area contributed by atoms with Crippen LogP contribution in [0.25, 0.3) is 0 Å². The molecule has 0 heterocycles. The van der Waals surface area contributed by atoms with Crippen molar-refractivity contribution in [1.82, 2.24) is 10.6 Å². The third-order valence-corrected chi connectivity index (χ3v) is 2.35. The van der Waals surface area contributed by atoms with Gasteiger partial charge in [-0.2, -0.15) is 0 Å². The van der Waals surface area contributed by atoms with Crippen molar-refractivity contribution >= 4 is 23.8 Å². The van der Waals surface area contributed by atoms with Gasteiger partial charge in [0.25, 0.3) is 0 Å². The molecule has 0 aromatic heterocycles. The molecule has 2 N–H and O–H groups in total. The van der Waals surface area contributed by atoms with E-state index in [9.17, 15) is 19.2 Å². The average molecular weight is 312 g/mol. The van der Waals surface area contributed by atoms with Gasteiger partial charge in [0.2, 0.25) is 11.8 Å². The maximum absolute atomic E-state index is 11.3. The summed E-state index contributed by atoms with van der Waals surface area (Å²) in [5, 5.41) is 5.15. The van der Waals surface area contributed by atoms with Crippen LogP contribution in [-0.2, 0) is 28.7 Å². The van der Waals surface area contributed by atoms with Gasteiger partial charge in [0, 0.05) is 37.4 Å². The zero-order chi connectivity index (χ0) is 16.8. The van der Waals surface area contributed by atoms with Crippen LogP contribution in [0.4, 0.5) is 0 Å². The number of methoxy groups -OCH3 is 2. The lowest BCUT2D eigenvalue weighted by atomic mass is 10.3. The molecule has 0 aliphatic carbocycles. The maximum atomic E-state index is 11.3. The van der Waals surface area contributed by atoms with Crippen molar-refractivity contribution in [2.24, 2.45) is 0 Å². The Kier molecular flexibility index (Phi) is 10.7. The first kappa shape index (κ1) is 19.4. The summed E-state index contributed by atoms with van der Waals surface area (Å²) in [7, 11) is 2.44. The molecule has 2 amide bonds. The van der Waals surface area contributed by atoms with Gasteiger partial charge < -0.3 is 20.1 Å². The first-order chi connectivity index (χ1) is 10.5. The summed E-state index contributed by atoms with van der Waals surface area (Å²) in [6, 6.07) is 0. The van der Waals surface area contributed by atoms with Crippen molar-refractivity contribution in [3.05, 3.63) is 24.3 Å². The normalized spacial score (nSPS) is 10.5. The highest BCUT2D eigenvalue weighted by atomic mass is 16.5. The van der Waals surface area contributed by atoms with E-state index in [0.29, 0.717) is 25.9 Å². The first-order valence-corrected chi connectivity index (χ1v) is 6.57. The zero-order valence-corrected chi connectivity index (χ0v) is 12.6. The Hall–Kier alpha value is -2.64. The minimum atomic E-state index is -0.599. The molecule has 8 heteroatoms. The molecule has 0 unspecified atom stereocenters. The minimum Gasteiger partial charge on any atom is -0.466 e. The number of unbranched alkanes of at least 4 members (excludes halogenated alkanes) is 1. The summed E-state index contributed by atoms with van der Waals surface area (Å²) >= 11 is 0. The summed E-state index contributed by atoms with van der Waals surface area (Å²) < 4.78 is 8.68. The molecule has 0 aliphatic rings. The molecule has 0 aromatic rings. The maximum Gasteiger partial charge on any atom is 0.330 e. The molecule has 0 rings (SSSR count). The Morgan fingerprint density at radius 2 is 1.09 bits per heavy atom. The van der Waals surface area contributed by atoms with Crippen molar-refractivity contribution < 1.29 is 28.7 Å². The molecule has 0 atom stereocenters. The average Bonchev–Trinajstić information content (AvgIpc) is 2.53. The molecular weight excluding hydrogens is 292 g/mol. The van der Waals surface area contributed by atoms with E-state index in [1.807, 2.05) is 0 Å². The van der Waals surface area contributed by atoms with Crippen LogP contribution in [0.15, 0.2) is 24.3 Å².